The van der Waals surface area contributed by atoms with Crippen molar-refractivity contribution in [2.75, 3.05) is 5.32 Å². The molecule has 0 amide bonds. The van der Waals surface area contributed by atoms with E-state index in [4.69, 9.17) is 0 Å². The van der Waals surface area contributed by atoms with Crippen LogP contribution in [0.1, 0.15) is 46.0 Å². The molecular formula is C16H24N4. The molecule has 1 atom stereocenters. The minimum atomic E-state index is 0.519. The van der Waals surface area contributed by atoms with Crippen molar-refractivity contribution in [3.63, 3.8) is 0 Å². The predicted molar refractivity (Wildman–Crippen MR) is 82.9 cm³/mol. The summed E-state index contributed by atoms with van der Waals surface area (Å²) in [6.07, 6.45) is 10.7. The third kappa shape index (κ3) is 2.51. The summed E-state index contributed by atoms with van der Waals surface area (Å²) in [5.41, 5.74) is 2.15. The first-order valence-corrected chi connectivity index (χ1v) is 7.86. The Morgan fingerprint density at radius 3 is 2.90 bits per heavy atom. The van der Waals surface area contributed by atoms with Crippen LogP contribution in [-0.4, -0.2) is 20.8 Å². The first-order valence-electron chi connectivity index (χ1n) is 7.86. The lowest BCUT2D eigenvalue weighted by molar-refractivity contribution is 0.328. The normalized spacial score (nSPS) is 18.3. The molecule has 108 valence electrons. The molecule has 0 bridgehead atoms. The average Bonchev–Trinajstić information content (AvgIpc) is 2.92. The van der Waals surface area contributed by atoms with Crippen molar-refractivity contribution in [2.24, 2.45) is 5.92 Å². The number of pyridine rings is 1. The molecule has 4 nitrogen and oxygen atoms in total. The molecule has 1 saturated carbocycles. The van der Waals surface area contributed by atoms with Gasteiger partial charge in [-0.05, 0) is 38.7 Å². The lowest BCUT2D eigenvalue weighted by atomic mass is 9.84. The lowest BCUT2D eigenvalue weighted by Crippen LogP contribution is -2.27. The van der Waals surface area contributed by atoms with Gasteiger partial charge in [0.05, 0.1) is 11.6 Å². The van der Waals surface area contributed by atoms with Crippen LogP contribution in [0.5, 0.6) is 0 Å². The van der Waals surface area contributed by atoms with Gasteiger partial charge in [0.15, 0.2) is 5.65 Å². The minimum absolute atomic E-state index is 0.519. The molecule has 20 heavy (non-hydrogen) atoms. The molecule has 0 aromatic carbocycles. The third-order valence-corrected chi connectivity index (χ3v) is 4.58. The van der Waals surface area contributed by atoms with E-state index in [1.807, 2.05) is 17.1 Å². The molecule has 2 heterocycles. The Bertz CT molecular complexity index is 569. The topological polar surface area (TPSA) is 42.7 Å². The highest BCUT2D eigenvalue weighted by molar-refractivity contribution is 5.88. The first-order chi connectivity index (χ1) is 9.79. The maximum atomic E-state index is 4.45. The smallest absolute Gasteiger partial charge is 0.159 e. The van der Waals surface area contributed by atoms with Crippen molar-refractivity contribution in [2.45, 2.75) is 58.5 Å². The van der Waals surface area contributed by atoms with Gasteiger partial charge in [-0.2, -0.15) is 5.10 Å². The largest absolute Gasteiger partial charge is 0.382 e. The van der Waals surface area contributed by atoms with Gasteiger partial charge in [-0.3, -0.25) is 0 Å². The summed E-state index contributed by atoms with van der Waals surface area (Å²) in [5.74, 6) is 0.799. The molecule has 3 rings (SSSR count). The number of hydrogen-bond acceptors (Lipinski definition) is 3. The van der Waals surface area contributed by atoms with E-state index >= 15 is 0 Å². The van der Waals surface area contributed by atoms with Crippen LogP contribution in [0.4, 0.5) is 5.69 Å². The van der Waals surface area contributed by atoms with Gasteiger partial charge in [0, 0.05) is 24.5 Å². The molecule has 2 aromatic rings. The zero-order chi connectivity index (χ0) is 13.9. The Balaban J connectivity index is 1.81. The summed E-state index contributed by atoms with van der Waals surface area (Å²) in [6.45, 7) is 5.27. The number of anilines is 1. The fourth-order valence-corrected chi connectivity index (χ4v) is 3.33. The van der Waals surface area contributed by atoms with E-state index in [-0.39, 0.29) is 0 Å². The van der Waals surface area contributed by atoms with Crippen LogP contribution < -0.4 is 5.32 Å². The van der Waals surface area contributed by atoms with Gasteiger partial charge < -0.3 is 5.32 Å². The summed E-state index contributed by atoms with van der Waals surface area (Å²) in [4.78, 5) is 4.45. The molecule has 2 aromatic heterocycles. The van der Waals surface area contributed by atoms with Crippen molar-refractivity contribution in [1.29, 1.82) is 0 Å². The second-order valence-corrected chi connectivity index (χ2v) is 5.89. The predicted octanol–water partition coefficient (Wildman–Crippen LogP) is 3.83. The maximum absolute atomic E-state index is 4.45. The molecule has 1 unspecified atom stereocenters. The number of hydrogen-bond donors (Lipinski definition) is 1. The summed E-state index contributed by atoms with van der Waals surface area (Å²) in [5, 5.41) is 9.24. The molecule has 1 aliphatic carbocycles. The zero-order valence-electron chi connectivity index (χ0n) is 12.5. The average molecular weight is 272 g/mol. The Hall–Kier alpha value is -1.58. The fraction of sp³-hybridized carbons (Fsp3) is 0.625. The number of fused-ring (bicyclic) bond motifs is 1. The van der Waals surface area contributed by atoms with Gasteiger partial charge in [-0.25, -0.2) is 9.67 Å². The molecular weight excluding hydrogens is 248 g/mol. The molecule has 1 fully saturated rings. The number of rotatable bonds is 4. The highest BCUT2D eigenvalue weighted by atomic mass is 15.3. The molecule has 0 spiro atoms. The van der Waals surface area contributed by atoms with Crippen LogP contribution in [0.3, 0.4) is 0 Å². The third-order valence-electron chi connectivity index (χ3n) is 4.58. The minimum Gasteiger partial charge on any atom is -0.382 e. The molecule has 0 radical (unpaired) electrons. The fourth-order valence-electron chi connectivity index (χ4n) is 3.33. The van der Waals surface area contributed by atoms with E-state index < -0.39 is 0 Å². The van der Waals surface area contributed by atoms with Crippen LogP contribution >= 0.6 is 0 Å². The van der Waals surface area contributed by atoms with Gasteiger partial charge >= 0.3 is 0 Å². The van der Waals surface area contributed by atoms with E-state index in [1.54, 1.807) is 0 Å². The van der Waals surface area contributed by atoms with Crippen molar-refractivity contribution >= 4 is 16.7 Å². The van der Waals surface area contributed by atoms with Gasteiger partial charge in [0.2, 0.25) is 0 Å². The number of aromatic nitrogens is 3. The van der Waals surface area contributed by atoms with Gasteiger partial charge in [-0.1, -0.05) is 19.3 Å². The van der Waals surface area contributed by atoms with Crippen molar-refractivity contribution in [3.05, 3.63) is 18.5 Å². The zero-order valence-corrected chi connectivity index (χ0v) is 12.5. The van der Waals surface area contributed by atoms with Crippen LogP contribution in [0.25, 0.3) is 11.0 Å². The Kier molecular flexibility index (Phi) is 3.90. The summed E-state index contributed by atoms with van der Waals surface area (Å²) < 4.78 is 1.95. The Morgan fingerprint density at radius 2 is 2.15 bits per heavy atom. The van der Waals surface area contributed by atoms with E-state index in [0.29, 0.717) is 6.04 Å². The first kappa shape index (κ1) is 13.4. The van der Waals surface area contributed by atoms with Crippen LogP contribution in [0.15, 0.2) is 18.5 Å². The lowest BCUT2D eigenvalue weighted by Gasteiger charge is -2.29. The summed E-state index contributed by atoms with van der Waals surface area (Å²) >= 11 is 0. The van der Waals surface area contributed by atoms with E-state index in [2.05, 4.69) is 35.3 Å². The van der Waals surface area contributed by atoms with Gasteiger partial charge in [0.25, 0.3) is 0 Å². The Morgan fingerprint density at radius 1 is 1.35 bits per heavy atom. The molecule has 1 aliphatic rings. The second-order valence-electron chi connectivity index (χ2n) is 5.89. The highest BCUT2D eigenvalue weighted by Gasteiger charge is 2.20. The summed E-state index contributed by atoms with van der Waals surface area (Å²) in [7, 11) is 0. The maximum Gasteiger partial charge on any atom is 0.159 e. The molecule has 1 N–H and O–H groups in total. The van der Waals surface area contributed by atoms with Crippen molar-refractivity contribution in [1.82, 2.24) is 14.8 Å². The molecule has 0 saturated heterocycles. The second kappa shape index (κ2) is 5.81. The van der Waals surface area contributed by atoms with Gasteiger partial charge in [-0.15, -0.1) is 0 Å². The van der Waals surface area contributed by atoms with E-state index in [0.717, 1.165) is 23.5 Å². The quantitative estimate of drug-likeness (QED) is 0.919. The number of nitrogens with zero attached hydrogens (tertiary/aromatic N) is 3. The number of nitrogens with one attached hydrogen (secondary N) is 1. The van der Waals surface area contributed by atoms with Crippen molar-refractivity contribution < 1.29 is 0 Å². The van der Waals surface area contributed by atoms with E-state index in [1.165, 1.54) is 37.8 Å². The number of aryl methyl sites for hydroxylation is 1. The Labute approximate surface area is 120 Å². The van der Waals surface area contributed by atoms with Crippen LogP contribution in [-0.2, 0) is 6.54 Å². The molecule has 4 heteroatoms. The van der Waals surface area contributed by atoms with E-state index in [9.17, 15) is 0 Å². The van der Waals surface area contributed by atoms with Crippen molar-refractivity contribution in [3.8, 4) is 0 Å². The van der Waals surface area contributed by atoms with Gasteiger partial charge in [0.1, 0.15) is 0 Å². The SMILES string of the molecule is CCn1ncc2c(NC(C)C3CCCCC3)ccnc21. The highest BCUT2D eigenvalue weighted by Crippen LogP contribution is 2.29. The molecule has 0 aliphatic heterocycles. The standard InChI is InChI=1S/C16H24N4/c1-3-20-16-14(11-18-20)15(9-10-17-16)19-12(2)13-7-5-4-6-8-13/h9-13H,3-8H2,1-2H3,(H,17,19). The van der Waals surface area contributed by atoms with Crippen LogP contribution in [0.2, 0.25) is 0 Å². The summed E-state index contributed by atoms with van der Waals surface area (Å²) in [6, 6.07) is 2.59. The monoisotopic (exact) mass is 272 g/mol. The van der Waals surface area contributed by atoms with Crippen LogP contribution in [0, 0.1) is 5.92 Å².